The van der Waals surface area contributed by atoms with Crippen molar-refractivity contribution in [3.63, 3.8) is 0 Å². The fourth-order valence-electron chi connectivity index (χ4n) is 2.93. The van der Waals surface area contributed by atoms with E-state index in [1.165, 1.54) is 4.57 Å². The molecule has 6 nitrogen and oxygen atoms in total. The van der Waals surface area contributed by atoms with Gasteiger partial charge in [-0.15, -0.1) is 0 Å². The van der Waals surface area contributed by atoms with E-state index in [0.29, 0.717) is 16.8 Å². The van der Waals surface area contributed by atoms with Crippen LogP contribution < -0.4 is 16.8 Å². The van der Waals surface area contributed by atoms with Gasteiger partial charge in [0.15, 0.2) is 5.58 Å². The SMILES string of the molecule is CC(C(=O)NC1CCCC1)n1c(=O)oc2ccc(N)cc21. The number of benzene rings is 1. The zero-order valence-corrected chi connectivity index (χ0v) is 12.0. The summed E-state index contributed by atoms with van der Waals surface area (Å²) in [4.78, 5) is 24.3. The van der Waals surface area contributed by atoms with Gasteiger partial charge in [-0.25, -0.2) is 4.79 Å². The molecule has 1 aliphatic rings. The van der Waals surface area contributed by atoms with E-state index >= 15 is 0 Å². The summed E-state index contributed by atoms with van der Waals surface area (Å²) in [6.45, 7) is 1.70. The second kappa shape index (κ2) is 5.27. The molecule has 1 aromatic heterocycles. The summed E-state index contributed by atoms with van der Waals surface area (Å²) in [7, 11) is 0. The van der Waals surface area contributed by atoms with E-state index in [0.717, 1.165) is 25.7 Å². The average Bonchev–Trinajstić information content (AvgIpc) is 3.04. The number of nitrogens with two attached hydrogens (primary N) is 1. The van der Waals surface area contributed by atoms with E-state index < -0.39 is 11.8 Å². The Labute approximate surface area is 121 Å². The first-order valence-corrected chi connectivity index (χ1v) is 7.27. The second-order valence-corrected chi connectivity index (χ2v) is 5.63. The third kappa shape index (κ3) is 2.53. The maximum Gasteiger partial charge on any atom is 0.420 e. The van der Waals surface area contributed by atoms with Crippen LogP contribution in [0.4, 0.5) is 5.69 Å². The van der Waals surface area contributed by atoms with Crippen LogP contribution in [-0.2, 0) is 4.79 Å². The molecule has 0 bridgehead atoms. The summed E-state index contributed by atoms with van der Waals surface area (Å²) in [5, 5.41) is 3.00. The normalized spacial score (nSPS) is 17.2. The third-order valence-electron chi connectivity index (χ3n) is 4.10. The maximum absolute atomic E-state index is 12.3. The van der Waals surface area contributed by atoms with Gasteiger partial charge in [0, 0.05) is 11.7 Å². The van der Waals surface area contributed by atoms with Gasteiger partial charge in [0.25, 0.3) is 0 Å². The molecule has 2 aromatic rings. The molecule has 1 aromatic carbocycles. The Bertz CT molecular complexity index is 725. The van der Waals surface area contributed by atoms with Crippen molar-refractivity contribution in [1.29, 1.82) is 0 Å². The molecule has 1 unspecified atom stereocenters. The minimum absolute atomic E-state index is 0.158. The molecule has 1 fully saturated rings. The first-order valence-electron chi connectivity index (χ1n) is 7.27. The Balaban J connectivity index is 1.91. The predicted octanol–water partition coefficient (Wildman–Crippen LogP) is 1.80. The lowest BCUT2D eigenvalue weighted by atomic mass is 10.2. The van der Waals surface area contributed by atoms with Crippen LogP contribution >= 0.6 is 0 Å². The Morgan fingerprint density at radius 3 is 2.86 bits per heavy atom. The third-order valence-corrected chi connectivity index (χ3v) is 4.10. The summed E-state index contributed by atoms with van der Waals surface area (Å²) in [6, 6.07) is 4.56. The molecule has 1 heterocycles. The van der Waals surface area contributed by atoms with Crippen molar-refractivity contribution < 1.29 is 9.21 Å². The van der Waals surface area contributed by atoms with Gasteiger partial charge in [-0.05, 0) is 38.0 Å². The molecule has 3 N–H and O–H groups in total. The van der Waals surface area contributed by atoms with E-state index in [1.807, 2.05) is 0 Å². The lowest BCUT2D eigenvalue weighted by Crippen LogP contribution is -2.39. The number of anilines is 1. The van der Waals surface area contributed by atoms with Crippen LogP contribution in [0.15, 0.2) is 27.4 Å². The highest BCUT2D eigenvalue weighted by molar-refractivity contribution is 5.84. The molecule has 112 valence electrons. The van der Waals surface area contributed by atoms with Gasteiger partial charge in [0.1, 0.15) is 6.04 Å². The van der Waals surface area contributed by atoms with Gasteiger partial charge >= 0.3 is 5.76 Å². The van der Waals surface area contributed by atoms with Crippen LogP contribution in [0.5, 0.6) is 0 Å². The van der Waals surface area contributed by atoms with Crippen LogP contribution in [0.3, 0.4) is 0 Å². The number of rotatable bonds is 3. The summed E-state index contributed by atoms with van der Waals surface area (Å²) in [5.41, 5.74) is 7.27. The van der Waals surface area contributed by atoms with Crippen molar-refractivity contribution >= 4 is 22.7 Å². The molecule has 0 aliphatic heterocycles. The summed E-state index contributed by atoms with van der Waals surface area (Å²) >= 11 is 0. The average molecular weight is 289 g/mol. The van der Waals surface area contributed by atoms with Gasteiger partial charge in [-0.2, -0.15) is 0 Å². The number of nitrogens with zero attached hydrogens (tertiary/aromatic N) is 1. The molecule has 1 aliphatic carbocycles. The standard InChI is InChI=1S/C15H19N3O3/c1-9(14(19)17-11-4-2-3-5-11)18-12-8-10(16)6-7-13(12)21-15(18)20/h6-9,11H,2-5,16H2,1H3,(H,17,19). The van der Waals surface area contributed by atoms with Crippen molar-refractivity contribution in [3.05, 3.63) is 28.7 Å². The van der Waals surface area contributed by atoms with Gasteiger partial charge in [0.2, 0.25) is 5.91 Å². The number of carbonyl (C=O) groups is 1. The summed E-state index contributed by atoms with van der Waals surface area (Å²) in [6.07, 6.45) is 4.30. The first-order chi connectivity index (χ1) is 10.1. The fourth-order valence-corrected chi connectivity index (χ4v) is 2.93. The largest absolute Gasteiger partial charge is 0.420 e. The molecule has 21 heavy (non-hydrogen) atoms. The number of oxazole rings is 1. The van der Waals surface area contributed by atoms with Gasteiger partial charge in [-0.1, -0.05) is 12.8 Å². The van der Waals surface area contributed by atoms with Gasteiger partial charge in [0.05, 0.1) is 5.52 Å². The molecule has 3 rings (SSSR count). The topological polar surface area (TPSA) is 90.3 Å². The Kier molecular flexibility index (Phi) is 3.45. The fraction of sp³-hybridized carbons (Fsp3) is 0.467. The van der Waals surface area contributed by atoms with Crippen molar-refractivity contribution in [1.82, 2.24) is 9.88 Å². The highest BCUT2D eigenvalue weighted by Crippen LogP contribution is 2.21. The smallest absolute Gasteiger partial charge is 0.408 e. The lowest BCUT2D eigenvalue weighted by Gasteiger charge is -2.17. The van der Waals surface area contributed by atoms with Gasteiger partial charge in [-0.3, -0.25) is 9.36 Å². The number of hydrogen-bond donors (Lipinski definition) is 2. The Morgan fingerprint density at radius 2 is 2.14 bits per heavy atom. The molecular formula is C15H19N3O3. The molecule has 1 saturated carbocycles. The number of amides is 1. The maximum atomic E-state index is 12.3. The highest BCUT2D eigenvalue weighted by Gasteiger charge is 2.24. The van der Waals surface area contributed by atoms with E-state index in [2.05, 4.69) is 5.32 Å². The van der Waals surface area contributed by atoms with E-state index in [4.69, 9.17) is 10.2 Å². The predicted molar refractivity (Wildman–Crippen MR) is 80.0 cm³/mol. The molecule has 0 saturated heterocycles. The summed E-state index contributed by atoms with van der Waals surface area (Å²) < 4.78 is 6.52. The summed E-state index contributed by atoms with van der Waals surface area (Å²) in [5.74, 6) is -0.696. The van der Waals surface area contributed by atoms with Crippen LogP contribution in [0.2, 0.25) is 0 Å². The molecule has 0 spiro atoms. The monoisotopic (exact) mass is 289 g/mol. The molecule has 1 atom stereocenters. The number of fused-ring (bicyclic) bond motifs is 1. The van der Waals surface area contributed by atoms with Crippen molar-refractivity contribution in [3.8, 4) is 0 Å². The van der Waals surface area contributed by atoms with Crippen LogP contribution in [0.1, 0.15) is 38.6 Å². The van der Waals surface area contributed by atoms with Crippen LogP contribution in [0.25, 0.3) is 11.1 Å². The first kappa shape index (κ1) is 13.7. The highest BCUT2D eigenvalue weighted by atomic mass is 16.4. The van der Waals surface area contributed by atoms with Crippen molar-refractivity contribution in [2.75, 3.05) is 5.73 Å². The lowest BCUT2D eigenvalue weighted by molar-refractivity contribution is -0.124. The Morgan fingerprint density at radius 1 is 1.43 bits per heavy atom. The minimum atomic E-state index is -0.624. The molecule has 6 heteroatoms. The number of carbonyl (C=O) groups excluding carboxylic acids is 1. The van der Waals surface area contributed by atoms with E-state index in [-0.39, 0.29) is 11.9 Å². The number of aromatic nitrogens is 1. The van der Waals surface area contributed by atoms with Crippen LogP contribution in [0, 0.1) is 0 Å². The van der Waals surface area contributed by atoms with Crippen LogP contribution in [-0.4, -0.2) is 16.5 Å². The Hall–Kier alpha value is -2.24. The number of nitrogens with one attached hydrogen (secondary N) is 1. The quantitative estimate of drug-likeness (QED) is 0.843. The molecule has 0 radical (unpaired) electrons. The minimum Gasteiger partial charge on any atom is -0.408 e. The second-order valence-electron chi connectivity index (χ2n) is 5.63. The van der Waals surface area contributed by atoms with E-state index in [1.54, 1.807) is 25.1 Å². The zero-order valence-electron chi connectivity index (χ0n) is 12.0. The molecule has 1 amide bonds. The van der Waals surface area contributed by atoms with Gasteiger partial charge < -0.3 is 15.5 Å². The van der Waals surface area contributed by atoms with Crippen molar-refractivity contribution in [2.45, 2.75) is 44.7 Å². The van der Waals surface area contributed by atoms with Crippen molar-refractivity contribution in [2.24, 2.45) is 0 Å². The van der Waals surface area contributed by atoms with E-state index in [9.17, 15) is 9.59 Å². The number of hydrogen-bond acceptors (Lipinski definition) is 4. The zero-order chi connectivity index (χ0) is 15.0. The molecular weight excluding hydrogens is 270 g/mol. The number of nitrogen functional groups attached to an aromatic ring is 1.